The van der Waals surface area contributed by atoms with E-state index in [1.165, 1.54) is 140 Å². The van der Waals surface area contributed by atoms with Crippen molar-refractivity contribution in [2.75, 3.05) is 42.7 Å². The van der Waals surface area contributed by atoms with E-state index in [1.807, 2.05) is 0 Å². The number of ether oxygens (including phenoxy) is 6. The molecule has 0 aliphatic rings. The smallest absolute Gasteiger partial charge is 0.356 e. The summed E-state index contributed by atoms with van der Waals surface area (Å²) < 4.78 is 89.0. The molecule has 4 aromatic rings. The lowest BCUT2D eigenvalue weighted by Gasteiger charge is -2.26. The van der Waals surface area contributed by atoms with Crippen molar-refractivity contribution in [2.24, 2.45) is 0 Å². The molecule has 4 aromatic carbocycles. The minimum Gasteiger partial charge on any atom is -0.493 e. The Labute approximate surface area is 307 Å². The van der Waals surface area contributed by atoms with Crippen LogP contribution in [0, 0.1) is 0 Å². The van der Waals surface area contributed by atoms with Gasteiger partial charge in [-0.2, -0.15) is 0 Å². The number of methoxy groups -OCH3 is 6. The molecule has 0 amide bonds. The molecule has 0 aromatic heterocycles. The van der Waals surface area contributed by atoms with E-state index in [0.29, 0.717) is 0 Å². The van der Waals surface area contributed by atoms with Crippen LogP contribution in [0.15, 0.2) is 84.9 Å². The summed E-state index contributed by atoms with van der Waals surface area (Å²) in [5.74, 6) is 0.579. The zero-order chi connectivity index (χ0) is 39.1. The molecule has 17 heteroatoms. The zero-order valence-corrected chi connectivity index (χ0v) is 32.2. The highest BCUT2D eigenvalue weighted by atomic mass is 32.2. The third-order valence-corrected chi connectivity index (χ3v) is 12.5. The minimum absolute atomic E-state index is 0.0119. The van der Waals surface area contributed by atoms with Crippen LogP contribution in [-0.2, 0) is 19.0 Å². The molecule has 2 unspecified atom stereocenters. The standard InChI is InChI=1S/C36H40O14P2S/c1-45-27-19-17-25(33(47-3)35(27)49-5)31(21-15-23-11-7-9-13-29(23)51(37,38)39)53(43,44)32(22-16-24-12-8-10-14-30(24)52(40,41)42)26-18-20-28(46-2)36(50-6)34(26)48-4/h7-22,31-32H,1-6H3,(H2,37,38,39)(H2,40,41,42). The fourth-order valence-corrected chi connectivity index (χ4v) is 9.33. The molecule has 0 heterocycles. The molecule has 14 nitrogen and oxygen atoms in total. The van der Waals surface area contributed by atoms with Gasteiger partial charge >= 0.3 is 15.2 Å². The van der Waals surface area contributed by atoms with E-state index >= 15 is 8.42 Å². The molecule has 4 rings (SSSR count). The van der Waals surface area contributed by atoms with Crippen molar-refractivity contribution in [1.82, 2.24) is 0 Å². The molecule has 4 N–H and O–H groups in total. The van der Waals surface area contributed by atoms with Crippen LogP contribution in [0.25, 0.3) is 12.2 Å². The number of hydrogen-bond donors (Lipinski definition) is 4. The van der Waals surface area contributed by atoms with Crippen molar-refractivity contribution in [1.29, 1.82) is 0 Å². The summed E-state index contributed by atoms with van der Waals surface area (Å²) in [5, 5.41) is -3.96. The third-order valence-electron chi connectivity index (χ3n) is 8.19. The highest BCUT2D eigenvalue weighted by Crippen LogP contribution is 2.50. The normalized spacial score (nSPS) is 13.5. The summed E-state index contributed by atoms with van der Waals surface area (Å²) in [6.07, 6.45) is 5.07. The molecule has 0 radical (unpaired) electrons. The second kappa shape index (κ2) is 17.0. The van der Waals surface area contributed by atoms with Gasteiger partial charge in [0.05, 0.1) is 53.3 Å². The molecule has 53 heavy (non-hydrogen) atoms. The summed E-state index contributed by atoms with van der Waals surface area (Å²) in [4.78, 5) is 40.3. The Balaban J connectivity index is 2.13. The first-order valence-corrected chi connectivity index (χ1v) is 20.4. The fourth-order valence-electron chi connectivity index (χ4n) is 5.80. The topological polar surface area (TPSA) is 205 Å². The van der Waals surface area contributed by atoms with E-state index in [9.17, 15) is 28.7 Å². The van der Waals surface area contributed by atoms with Crippen LogP contribution in [0.2, 0.25) is 0 Å². The lowest BCUT2D eigenvalue weighted by atomic mass is 10.1. The van der Waals surface area contributed by atoms with Crippen LogP contribution in [0.1, 0.15) is 32.8 Å². The number of hydrogen-bond acceptors (Lipinski definition) is 10. The van der Waals surface area contributed by atoms with Crippen LogP contribution in [0.4, 0.5) is 0 Å². The van der Waals surface area contributed by atoms with Gasteiger partial charge in [0.2, 0.25) is 11.5 Å². The largest absolute Gasteiger partial charge is 0.493 e. The van der Waals surface area contributed by atoms with Crippen molar-refractivity contribution in [3.8, 4) is 34.5 Å². The van der Waals surface area contributed by atoms with Gasteiger partial charge in [-0.05, 0) is 47.5 Å². The summed E-state index contributed by atoms with van der Waals surface area (Å²) in [6.45, 7) is 0. The third kappa shape index (κ3) is 8.80. The number of rotatable bonds is 16. The first-order chi connectivity index (χ1) is 25.1. The van der Waals surface area contributed by atoms with Crippen LogP contribution >= 0.6 is 15.2 Å². The monoisotopic (exact) mass is 790 g/mol. The van der Waals surface area contributed by atoms with Gasteiger partial charge in [-0.1, -0.05) is 60.7 Å². The molecule has 0 saturated heterocycles. The molecular weight excluding hydrogens is 750 g/mol. The maximum absolute atomic E-state index is 15.4. The predicted octanol–water partition coefficient (Wildman–Crippen LogP) is 4.97. The SMILES string of the molecule is COc1ccc(C(C=Cc2ccccc2P(=O)(O)O)S(=O)(=O)C(C=Cc2ccccc2P(=O)(O)O)c2ccc(OC)c(OC)c2OC)c(OC)c1OC. The fraction of sp³-hybridized carbons (Fsp3) is 0.222. The summed E-state index contributed by atoms with van der Waals surface area (Å²) in [5.41, 5.74) is 0.214. The van der Waals surface area contributed by atoms with Gasteiger partial charge in [-0.15, -0.1) is 0 Å². The molecule has 0 aliphatic carbocycles. The Morgan fingerprint density at radius 3 is 1.15 bits per heavy atom. The summed E-state index contributed by atoms with van der Waals surface area (Å²) in [6, 6.07) is 17.2. The van der Waals surface area contributed by atoms with E-state index in [1.54, 1.807) is 0 Å². The van der Waals surface area contributed by atoms with Crippen molar-refractivity contribution in [3.05, 3.63) is 107 Å². The van der Waals surface area contributed by atoms with Gasteiger partial charge in [0.15, 0.2) is 32.8 Å². The number of sulfone groups is 1. The van der Waals surface area contributed by atoms with Gasteiger partial charge in [0.1, 0.15) is 10.5 Å². The van der Waals surface area contributed by atoms with Gasteiger partial charge in [0.25, 0.3) is 0 Å². The first-order valence-electron chi connectivity index (χ1n) is 15.6. The van der Waals surface area contributed by atoms with Gasteiger partial charge in [-0.25, -0.2) is 8.42 Å². The lowest BCUT2D eigenvalue weighted by Crippen LogP contribution is -2.21. The molecule has 0 spiro atoms. The second-order valence-corrected chi connectivity index (χ2v) is 16.5. The zero-order valence-electron chi connectivity index (χ0n) is 29.6. The van der Waals surface area contributed by atoms with Crippen molar-refractivity contribution >= 4 is 47.8 Å². The molecule has 0 bridgehead atoms. The molecule has 0 aliphatic heterocycles. The Hall–Kier alpha value is -4.59. The maximum atomic E-state index is 15.4. The molecule has 2 atom stereocenters. The van der Waals surface area contributed by atoms with Crippen molar-refractivity contribution in [3.63, 3.8) is 0 Å². The molecular formula is C36H40O14P2S. The second-order valence-electron chi connectivity index (χ2n) is 11.2. The van der Waals surface area contributed by atoms with E-state index < -0.39 is 35.5 Å². The van der Waals surface area contributed by atoms with Gasteiger partial charge in [0, 0.05) is 11.1 Å². The van der Waals surface area contributed by atoms with Crippen molar-refractivity contribution < 1.29 is 65.5 Å². The molecule has 0 fully saturated rings. The Kier molecular flexibility index (Phi) is 13.2. The summed E-state index contributed by atoms with van der Waals surface area (Å²) >= 11 is 0. The predicted molar refractivity (Wildman–Crippen MR) is 201 cm³/mol. The Bertz CT molecular complexity index is 2060. The molecule has 284 valence electrons. The number of benzene rings is 4. The minimum atomic E-state index is -4.80. The van der Waals surface area contributed by atoms with E-state index in [2.05, 4.69) is 0 Å². The van der Waals surface area contributed by atoms with E-state index in [0.717, 1.165) is 0 Å². The van der Waals surface area contributed by atoms with Gasteiger partial charge in [-0.3, -0.25) is 9.13 Å². The van der Waals surface area contributed by atoms with E-state index in [-0.39, 0.29) is 67.4 Å². The Morgan fingerprint density at radius 1 is 0.509 bits per heavy atom. The van der Waals surface area contributed by atoms with Crippen LogP contribution in [0.5, 0.6) is 34.5 Å². The maximum Gasteiger partial charge on any atom is 0.356 e. The van der Waals surface area contributed by atoms with Crippen LogP contribution < -0.4 is 39.0 Å². The van der Waals surface area contributed by atoms with Crippen LogP contribution in [0.3, 0.4) is 0 Å². The lowest BCUT2D eigenvalue weighted by molar-refractivity contribution is 0.322. The van der Waals surface area contributed by atoms with Crippen molar-refractivity contribution in [2.45, 2.75) is 10.5 Å². The Morgan fingerprint density at radius 2 is 0.849 bits per heavy atom. The first kappa shape index (κ1) is 41.2. The van der Waals surface area contributed by atoms with Gasteiger partial charge < -0.3 is 48.0 Å². The van der Waals surface area contributed by atoms with Crippen LogP contribution in [-0.4, -0.2) is 70.7 Å². The quantitative estimate of drug-likeness (QED) is 0.111. The highest BCUT2D eigenvalue weighted by molar-refractivity contribution is 7.92. The molecule has 0 saturated carbocycles. The average molecular weight is 791 g/mol. The highest BCUT2D eigenvalue weighted by Gasteiger charge is 2.39. The van der Waals surface area contributed by atoms with E-state index in [4.69, 9.17) is 28.4 Å². The summed E-state index contributed by atoms with van der Waals surface area (Å²) in [7, 11) is -6.19. The average Bonchev–Trinajstić information content (AvgIpc) is 3.13.